The molecule has 0 atom stereocenters. The Kier molecular flexibility index (Phi) is 5.96. The lowest BCUT2D eigenvalue weighted by molar-refractivity contribution is 0.250. The molecule has 8 heteroatoms. The minimum absolute atomic E-state index is 0.120. The summed E-state index contributed by atoms with van der Waals surface area (Å²) in [5.74, 6) is 0. The first-order valence-corrected chi connectivity index (χ1v) is 12.1. The molecule has 0 amide bonds. The Morgan fingerprint density at radius 3 is 2.75 bits per heavy atom. The Morgan fingerprint density at radius 2 is 1.94 bits per heavy atom. The minimum Gasteiger partial charge on any atom is -0.368 e. The van der Waals surface area contributed by atoms with E-state index in [1.165, 1.54) is 10.4 Å². The van der Waals surface area contributed by atoms with Crippen LogP contribution in [-0.4, -0.2) is 65.7 Å². The molecule has 2 aromatic heterocycles. The van der Waals surface area contributed by atoms with E-state index < -0.39 is 0 Å². The zero-order valence-electron chi connectivity index (χ0n) is 18.5. The first kappa shape index (κ1) is 21.1. The molecule has 1 saturated heterocycles. The number of hydrogen-bond donors (Lipinski definition) is 0. The Balaban J connectivity index is 1.19. The number of para-hydroxylation sites is 1. The second kappa shape index (κ2) is 9.02. The smallest absolute Gasteiger partial charge is 0.262 e. The summed E-state index contributed by atoms with van der Waals surface area (Å²) in [6, 6.07) is 10.1. The van der Waals surface area contributed by atoms with Gasteiger partial charge in [-0.05, 0) is 44.1 Å². The number of piperazine rings is 1. The molecule has 0 spiro atoms. The summed E-state index contributed by atoms with van der Waals surface area (Å²) in [5, 5.41) is 10.2. The summed E-state index contributed by atoms with van der Waals surface area (Å²) < 4.78 is 1.80. The van der Waals surface area contributed by atoms with Gasteiger partial charge >= 0.3 is 0 Å². The monoisotopic (exact) mass is 448 g/mol. The van der Waals surface area contributed by atoms with Gasteiger partial charge in [0.1, 0.15) is 10.9 Å². The second-order valence-electron chi connectivity index (χ2n) is 8.73. The molecule has 5 rings (SSSR count). The summed E-state index contributed by atoms with van der Waals surface area (Å²) in [5.41, 5.74) is 3.12. The van der Waals surface area contributed by atoms with Gasteiger partial charge < -0.3 is 9.80 Å². The van der Waals surface area contributed by atoms with Gasteiger partial charge in [0.15, 0.2) is 0 Å². The van der Waals surface area contributed by atoms with Crippen molar-refractivity contribution in [2.45, 2.75) is 25.9 Å². The molecule has 7 nitrogen and oxygen atoms in total. The van der Waals surface area contributed by atoms with Crippen LogP contribution in [-0.2, 0) is 19.5 Å². The summed E-state index contributed by atoms with van der Waals surface area (Å²) in [7, 11) is 2.13. The molecule has 0 aliphatic carbocycles. The van der Waals surface area contributed by atoms with E-state index in [1.807, 2.05) is 24.3 Å². The van der Waals surface area contributed by atoms with Crippen molar-refractivity contribution >= 4 is 27.2 Å². The molecule has 0 unspecified atom stereocenters. The first-order valence-electron chi connectivity index (χ1n) is 11.3. The molecule has 1 fully saturated rings. The predicted octanol–water partition coefficient (Wildman–Crippen LogP) is 2.53. The maximum absolute atomic E-state index is 13.2. The van der Waals surface area contributed by atoms with Crippen LogP contribution in [0.5, 0.6) is 0 Å². The number of aryl methyl sites for hydroxylation is 1. The second-order valence-corrected chi connectivity index (χ2v) is 9.81. The molecular weight excluding hydrogens is 420 g/mol. The lowest BCUT2D eigenvalue weighted by Crippen LogP contribution is -2.47. The van der Waals surface area contributed by atoms with E-state index in [1.54, 1.807) is 22.2 Å². The van der Waals surface area contributed by atoms with E-state index in [0.717, 1.165) is 80.1 Å². The molecule has 0 radical (unpaired) electrons. The van der Waals surface area contributed by atoms with E-state index >= 15 is 0 Å². The van der Waals surface area contributed by atoms with Crippen molar-refractivity contribution in [2.75, 3.05) is 51.2 Å². The van der Waals surface area contributed by atoms with Crippen LogP contribution in [0.1, 0.15) is 22.4 Å². The van der Waals surface area contributed by atoms with E-state index in [0.29, 0.717) is 6.54 Å². The van der Waals surface area contributed by atoms with Gasteiger partial charge in [-0.15, -0.1) is 11.3 Å². The number of nitrogens with zero attached hydrogens (tertiary/aromatic N) is 6. The molecule has 3 aromatic rings. The van der Waals surface area contributed by atoms with E-state index in [2.05, 4.69) is 32.8 Å². The fourth-order valence-electron chi connectivity index (χ4n) is 4.83. The number of likely N-dealkylation sites (N-methyl/N-ethyl adjacent to an activating group) is 1. The third-order valence-electron chi connectivity index (χ3n) is 6.63. The Labute approximate surface area is 192 Å². The van der Waals surface area contributed by atoms with Crippen molar-refractivity contribution in [1.82, 2.24) is 19.4 Å². The maximum atomic E-state index is 13.2. The zero-order valence-corrected chi connectivity index (χ0v) is 19.3. The van der Waals surface area contributed by atoms with Gasteiger partial charge in [-0.2, -0.15) is 5.26 Å². The van der Waals surface area contributed by atoms with Gasteiger partial charge in [-0.3, -0.25) is 14.3 Å². The third-order valence-corrected chi connectivity index (χ3v) is 7.75. The van der Waals surface area contributed by atoms with Crippen LogP contribution in [0.25, 0.3) is 10.2 Å². The van der Waals surface area contributed by atoms with Crippen LogP contribution >= 0.6 is 11.3 Å². The molecule has 2 aliphatic heterocycles. The number of fused-ring (bicyclic) bond motifs is 3. The van der Waals surface area contributed by atoms with Gasteiger partial charge in [-0.25, -0.2) is 4.98 Å². The van der Waals surface area contributed by atoms with Crippen LogP contribution < -0.4 is 10.5 Å². The number of thiophene rings is 1. The van der Waals surface area contributed by atoms with Crippen molar-refractivity contribution in [2.24, 2.45) is 0 Å². The standard InChI is InChI=1S/C24H28N6OS/c1-27-10-7-19-21(16-27)32-23-22(19)24(31)30(17-26-23)9-4-8-28-11-13-29(14-12-28)20-6-3-2-5-18(20)15-25/h2-3,5-6,17H,4,7-14,16H2,1H3. The predicted molar refractivity (Wildman–Crippen MR) is 128 cm³/mol. The lowest BCUT2D eigenvalue weighted by Gasteiger charge is -2.36. The van der Waals surface area contributed by atoms with Crippen molar-refractivity contribution in [3.63, 3.8) is 0 Å². The molecule has 4 heterocycles. The van der Waals surface area contributed by atoms with Crippen LogP contribution in [0.2, 0.25) is 0 Å². The normalized spacial score (nSPS) is 17.4. The van der Waals surface area contributed by atoms with Crippen molar-refractivity contribution < 1.29 is 0 Å². The van der Waals surface area contributed by atoms with Crippen LogP contribution in [0.4, 0.5) is 5.69 Å². The molecule has 32 heavy (non-hydrogen) atoms. The van der Waals surface area contributed by atoms with E-state index in [-0.39, 0.29) is 5.56 Å². The van der Waals surface area contributed by atoms with E-state index in [9.17, 15) is 10.1 Å². The highest BCUT2D eigenvalue weighted by molar-refractivity contribution is 7.18. The zero-order chi connectivity index (χ0) is 22.1. The summed E-state index contributed by atoms with van der Waals surface area (Å²) >= 11 is 1.67. The Hall–Kier alpha value is -2.73. The fourth-order valence-corrected chi connectivity index (χ4v) is 6.08. The first-order chi connectivity index (χ1) is 15.6. The summed E-state index contributed by atoms with van der Waals surface area (Å²) in [6.45, 7) is 7.35. The molecule has 166 valence electrons. The SMILES string of the molecule is CN1CCc2c(sc3ncn(CCCN4CCN(c5ccccc5C#N)CC4)c(=O)c23)C1. The van der Waals surface area contributed by atoms with E-state index in [4.69, 9.17) is 0 Å². The number of aromatic nitrogens is 2. The van der Waals surface area contributed by atoms with Crippen molar-refractivity contribution in [3.8, 4) is 6.07 Å². The Morgan fingerprint density at radius 1 is 1.12 bits per heavy atom. The number of benzene rings is 1. The molecule has 0 bridgehead atoms. The number of rotatable bonds is 5. The van der Waals surface area contributed by atoms with Gasteiger partial charge in [-0.1, -0.05) is 12.1 Å². The molecule has 0 N–H and O–H groups in total. The van der Waals surface area contributed by atoms with Crippen molar-refractivity contribution in [1.29, 1.82) is 5.26 Å². The molecule has 1 aromatic carbocycles. The summed E-state index contributed by atoms with van der Waals surface area (Å²) in [6.07, 6.45) is 3.59. The molecule has 2 aliphatic rings. The molecule has 0 saturated carbocycles. The molecular formula is C24H28N6OS. The largest absolute Gasteiger partial charge is 0.368 e. The minimum atomic E-state index is 0.120. The highest BCUT2D eigenvalue weighted by Crippen LogP contribution is 2.31. The highest BCUT2D eigenvalue weighted by atomic mass is 32.1. The van der Waals surface area contributed by atoms with Crippen LogP contribution in [0, 0.1) is 11.3 Å². The van der Waals surface area contributed by atoms with Gasteiger partial charge in [0.2, 0.25) is 0 Å². The number of anilines is 1. The maximum Gasteiger partial charge on any atom is 0.262 e. The van der Waals surface area contributed by atoms with Crippen LogP contribution in [0.3, 0.4) is 0 Å². The van der Waals surface area contributed by atoms with Crippen LogP contribution in [0.15, 0.2) is 35.4 Å². The third kappa shape index (κ3) is 4.04. The fraction of sp³-hybridized carbons (Fsp3) is 0.458. The Bertz CT molecular complexity index is 1220. The number of hydrogen-bond acceptors (Lipinski definition) is 7. The average Bonchev–Trinajstić information content (AvgIpc) is 3.19. The van der Waals surface area contributed by atoms with Gasteiger partial charge in [0, 0.05) is 50.7 Å². The lowest BCUT2D eigenvalue weighted by atomic mass is 10.1. The quantitative estimate of drug-likeness (QED) is 0.598. The average molecular weight is 449 g/mol. The number of nitriles is 1. The topological polar surface area (TPSA) is 68.4 Å². The van der Waals surface area contributed by atoms with Gasteiger partial charge in [0.05, 0.1) is 23.0 Å². The highest BCUT2D eigenvalue weighted by Gasteiger charge is 2.22. The van der Waals surface area contributed by atoms with Gasteiger partial charge in [0.25, 0.3) is 5.56 Å². The van der Waals surface area contributed by atoms with Crippen molar-refractivity contribution in [3.05, 3.63) is 57.0 Å². The summed E-state index contributed by atoms with van der Waals surface area (Å²) in [4.78, 5) is 27.0.